The summed E-state index contributed by atoms with van der Waals surface area (Å²) in [5.74, 6) is 1.10. The summed E-state index contributed by atoms with van der Waals surface area (Å²) in [6.45, 7) is 7.76. The Morgan fingerprint density at radius 2 is 1.96 bits per heavy atom. The van der Waals surface area contributed by atoms with Gasteiger partial charge in [0.2, 0.25) is 0 Å². The van der Waals surface area contributed by atoms with Gasteiger partial charge in [0.15, 0.2) is 0 Å². The van der Waals surface area contributed by atoms with Gasteiger partial charge in [0.05, 0.1) is 31.6 Å². The summed E-state index contributed by atoms with van der Waals surface area (Å²) in [6.07, 6.45) is 1.70. The molecule has 4 rings (SSSR count). The Kier molecular flexibility index (Phi) is 3.97. The van der Waals surface area contributed by atoms with E-state index in [0.29, 0.717) is 0 Å². The van der Waals surface area contributed by atoms with Crippen LogP contribution in [0.1, 0.15) is 11.1 Å². The lowest BCUT2D eigenvalue weighted by molar-refractivity contribution is -0.914. The molecule has 0 spiro atoms. The fourth-order valence-electron chi connectivity index (χ4n) is 3.32. The normalized spacial score (nSPS) is 16.1. The summed E-state index contributed by atoms with van der Waals surface area (Å²) in [5, 5.41) is 3.29. The molecular weight excluding hydrogens is 304 g/mol. The van der Waals surface area contributed by atoms with Crippen LogP contribution < -0.4 is 9.80 Å². The molecule has 1 aliphatic rings. The van der Waals surface area contributed by atoms with E-state index in [1.807, 2.05) is 0 Å². The average Bonchev–Trinajstić information content (AvgIpc) is 3.06. The van der Waals surface area contributed by atoms with Gasteiger partial charge in [-0.15, -0.1) is 11.3 Å². The third kappa shape index (κ3) is 2.94. The van der Waals surface area contributed by atoms with Crippen LogP contribution in [0.25, 0.3) is 10.2 Å². The molecule has 0 amide bonds. The van der Waals surface area contributed by atoms with Crippen LogP contribution in [-0.4, -0.2) is 36.1 Å². The minimum absolute atomic E-state index is 1.06. The smallest absolute Gasteiger partial charge is 0.141 e. The van der Waals surface area contributed by atoms with E-state index in [2.05, 4.69) is 57.5 Å². The number of piperazine rings is 1. The van der Waals surface area contributed by atoms with Gasteiger partial charge in [-0.05, 0) is 23.9 Å². The predicted molar refractivity (Wildman–Crippen MR) is 95.2 cm³/mol. The number of aryl methyl sites for hydroxylation is 1. The van der Waals surface area contributed by atoms with Crippen molar-refractivity contribution >= 4 is 27.4 Å². The first-order chi connectivity index (χ1) is 11.3. The van der Waals surface area contributed by atoms with Gasteiger partial charge in [-0.3, -0.25) is 0 Å². The first-order valence-corrected chi connectivity index (χ1v) is 9.00. The standard InChI is InChI=1S/C18H20N4S/c1-14-4-2-3-5-15(14)12-21-7-9-22(10-8-21)17-16-6-11-23-18(16)20-13-19-17/h2-6,11,13H,7-10,12H2,1H3/p+1. The largest absolute Gasteiger partial charge is 0.345 e. The van der Waals surface area contributed by atoms with Crippen molar-refractivity contribution in [2.24, 2.45) is 0 Å². The summed E-state index contributed by atoms with van der Waals surface area (Å²) < 4.78 is 0. The van der Waals surface area contributed by atoms with E-state index in [4.69, 9.17) is 0 Å². The van der Waals surface area contributed by atoms with Crippen molar-refractivity contribution in [1.29, 1.82) is 0 Å². The lowest BCUT2D eigenvalue weighted by atomic mass is 10.1. The molecule has 0 bridgehead atoms. The number of nitrogens with zero attached hydrogens (tertiary/aromatic N) is 3. The second-order valence-corrected chi connectivity index (χ2v) is 7.07. The van der Waals surface area contributed by atoms with Crippen molar-refractivity contribution in [3.63, 3.8) is 0 Å². The number of nitrogens with one attached hydrogen (secondary N) is 1. The minimum atomic E-state index is 1.06. The molecule has 3 heterocycles. The maximum Gasteiger partial charge on any atom is 0.141 e. The third-order valence-corrected chi connectivity index (χ3v) is 5.53. The molecule has 23 heavy (non-hydrogen) atoms. The number of rotatable bonds is 3. The molecule has 0 atom stereocenters. The van der Waals surface area contributed by atoms with Crippen molar-refractivity contribution < 1.29 is 4.90 Å². The number of fused-ring (bicyclic) bond motifs is 1. The zero-order valence-electron chi connectivity index (χ0n) is 13.3. The van der Waals surface area contributed by atoms with Crippen LogP contribution >= 0.6 is 11.3 Å². The summed E-state index contributed by atoms with van der Waals surface area (Å²) in [6, 6.07) is 10.9. The highest BCUT2D eigenvalue weighted by atomic mass is 32.1. The number of thiophene rings is 1. The van der Waals surface area contributed by atoms with Crippen LogP contribution in [0.4, 0.5) is 5.82 Å². The van der Waals surface area contributed by atoms with Gasteiger partial charge in [-0.1, -0.05) is 24.3 Å². The monoisotopic (exact) mass is 325 g/mol. The van der Waals surface area contributed by atoms with Gasteiger partial charge in [-0.25, -0.2) is 9.97 Å². The molecule has 5 heteroatoms. The van der Waals surface area contributed by atoms with Crippen molar-refractivity contribution in [3.05, 3.63) is 53.2 Å². The Hall–Kier alpha value is -1.98. The predicted octanol–water partition coefficient (Wildman–Crippen LogP) is 1.90. The summed E-state index contributed by atoms with van der Waals surface area (Å²) >= 11 is 1.69. The maximum atomic E-state index is 4.54. The third-order valence-electron chi connectivity index (χ3n) is 4.71. The highest BCUT2D eigenvalue weighted by molar-refractivity contribution is 7.16. The van der Waals surface area contributed by atoms with Gasteiger partial charge in [0, 0.05) is 5.56 Å². The van der Waals surface area contributed by atoms with Crippen molar-refractivity contribution in [1.82, 2.24) is 9.97 Å². The lowest BCUT2D eigenvalue weighted by Crippen LogP contribution is -3.13. The quantitative estimate of drug-likeness (QED) is 0.798. The molecule has 1 N–H and O–H groups in total. The van der Waals surface area contributed by atoms with E-state index in [-0.39, 0.29) is 0 Å². The van der Waals surface area contributed by atoms with E-state index in [9.17, 15) is 0 Å². The minimum Gasteiger partial charge on any atom is -0.345 e. The molecule has 1 fully saturated rings. The number of hydrogen-bond donors (Lipinski definition) is 1. The second-order valence-electron chi connectivity index (χ2n) is 6.18. The summed E-state index contributed by atoms with van der Waals surface area (Å²) in [7, 11) is 0. The molecule has 2 aromatic heterocycles. The molecule has 1 aromatic carbocycles. The van der Waals surface area contributed by atoms with Crippen LogP contribution in [-0.2, 0) is 6.54 Å². The number of anilines is 1. The van der Waals surface area contributed by atoms with Gasteiger partial charge in [0.1, 0.15) is 23.5 Å². The SMILES string of the molecule is Cc1ccccc1C[NH+]1CCN(c2ncnc3sccc23)CC1. The van der Waals surface area contributed by atoms with E-state index in [1.165, 1.54) is 16.5 Å². The van der Waals surface area contributed by atoms with Crippen LogP contribution in [0, 0.1) is 6.92 Å². The molecule has 0 unspecified atom stereocenters. The Morgan fingerprint density at radius 3 is 2.78 bits per heavy atom. The molecule has 0 aliphatic carbocycles. The van der Waals surface area contributed by atoms with Crippen molar-refractivity contribution in [2.45, 2.75) is 13.5 Å². The van der Waals surface area contributed by atoms with Crippen LogP contribution in [0.15, 0.2) is 42.0 Å². The van der Waals surface area contributed by atoms with Gasteiger partial charge in [0.25, 0.3) is 0 Å². The number of aromatic nitrogens is 2. The van der Waals surface area contributed by atoms with Crippen molar-refractivity contribution in [3.8, 4) is 0 Å². The Morgan fingerprint density at radius 1 is 1.13 bits per heavy atom. The summed E-state index contributed by atoms with van der Waals surface area (Å²) in [5.41, 5.74) is 2.87. The van der Waals surface area contributed by atoms with E-state index < -0.39 is 0 Å². The fourth-order valence-corrected chi connectivity index (χ4v) is 4.05. The molecule has 4 nitrogen and oxygen atoms in total. The topological polar surface area (TPSA) is 33.5 Å². The van der Waals surface area contributed by atoms with Crippen LogP contribution in [0.5, 0.6) is 0 Å². The second kappa shape index (κ2) is 6.26. The van der Waals surface area contributed by atoms with Crippen LogP contribution in [0.3, 0.4) is 0 Å². The number of benzene rings is 1. The highest BCUT2D eigenvalue weighted by Crippen LogP contribution is 2.26. The highest BCUT2D eigenvalue weighted by Gasteiger charge is 2.23. The van der Waals surface area contributed by atoms with Gasteiger partial charge < -0.3 is 9.80 Å². The first-order valence-electron chi connectivity index (χ1n) is 8.12. The Balaban J connectivity index is 1.45. The van der Waals surface area contributed by atoms with Crippen LogP contribution in [0.2, 0.25) is 0 Å². The maximum absolute atomic E-state index is 4.54. The molecule has 0 radical (unpaired) electrons. The molecule has 3 aromatic rings. The molecule has 0 saturated carbocycles. The number of quaternary nitrogens is 1. The zero-order chi connectivity index (χ0) is 15.6. The molecular formula is C18H21N4S+. The average molecular weight is 325 g/mol. The van der Waals surface area contributed by atoms with E-state index in [1.54, 1.807) is 22.6 Å². The van der Waals surface area contributed by atoms with Gasteiger partial charge >= 0.3 is 0 Å². The molecule has 1 saturated heterocycles. The van der Waals surface area contributed by atoms with Gasteiger partial charge in [-0.2, -0.15) is 0 Å². The molecule has 1 aliphatic heterocycles. The van der Waals surface area contributed by atoms with E-state index in [0.717, 1.165) is 43.4 Å². The van der Waals surface area contributed by atoms with Crippen molar-refractivity contribution in [2.75, 3.05) is 31.1 Å². The molecule has 118 valence electrons. The lowest BCUT2D eigenvalue weighted by Gasteiger charge is -2.33. The Bertz CT molecular complexity index is 805. The van der Waals surface area contributed by atoms with E-state index >= 15 is 0 Å². The first kappa shape index (κ1) is 14.6. The fraction of sp³-hybridized carbons (Fsp3) is 0.333. The zero-order valence-corrected chi connectivity index (χ0v) is 14.1. The Labute approximate surface area is 140 Å². The summed E-state index contributed by atoms with van der Waals surface area (Å²) in [4.78, 5) is 14.1. The number of hydrogen-bond acceptors (Lipinski definition) is 4.